The number of carboxylic acids is 2. The van der Waals surface area contributed by atoms with Crippen LogP contribution in [0.15, 0.2) is 0 Å². The van der Waals surface area contributed by atoms with Crippen LogP contribution < -0.4 is 0 Å². The van der Waals surface area contributed by atoms with Crippen molar-refractivity contribution in [2.24, 2.45) is 5.41 Å². The average Bonchev–Trinajstić information content (AvgIpc) is 3.42. The van der Waals surface area contributed by atoms with Crippen LogP contribution in [-0.4, -0.2) is 45.6 Å². The van der Waals surface area contributed by atoms with E-state index in [1.54, 1.807) is 0 Å². The third kappa shape index (κ3) is 2.02. The summed E-state index contributed by atoms with van der Waals surface area (Å²) in [6.07, 6.45) is 8.16. The van der Waals surface area contributed by atoms with Crippen molar-refractivity contribution in [3.05, 3.63) is 0 Å². The topological polar surface area (TPSA) is 99.7 Å². The van der Waals surface area contributed by atoms with E-state index >= 15 is 0 Å². The van der Waals surface area contributed by atoms with Gasteiger partial charge >= 0.3 is 11.9 Å². The Balaban J connectivity index is 1.70. The summed E-state index contributed by atoms with van der Waals surface area (Å²) in [5.74, 6) is -1.72. The van der Waals surface area contributed by atoms with E-state index in [-0.39, 0.29) is 18.6 Å². The van der Waals surface area contributed by atoms with E-state index in [0.717, 1.165) is 51.4 Å². The summed E-state index contributed by atoms with van der Waals surface area (Å²) in [6.45, 7) is 0. The summed E-state index contributed by atoms with van der Waals surface area (Å²) in [5.41, 5.74) is -2.37. The van der Waals surface area contributed by atoms with Crippen molar-refractivity contribution in [2.75, 3.05) is 0 Å². The van der Waals surface area contributed by atoms with Crippen LogP contribution >= 0.6 is 0 Å². The van der Waals surface area contributed by atoms with Crippen molar-refractivity contribution >= 4 is 11.9 Å². The van der Waals surface area contributed by atoms with Crippen LogP contribution in [0.3, 0.4) is 0 Å². The maximum absolute atomic E-state index is 12.7. The van der Waals surface area contributed by atoms with Gasteiger partial charge in [0.2, 0.25) is 0 Å². The van der Waals surface area contributed by atoms with Crippen molar-refractivity contribution < 1.29 is 29.3 Å². The Kier molecular flexibility index (Phi) is 3.69. The van der Waals surface area contributed by atoms with Gasteiger partial charge in [0.15, 0.2) is 0 Å². The number of epoxide rings is 2. The molecule has 4 fully saturated rings. The van der Waals surface area contributed by atoms with E-state index in [1.165, 1.54) is 0 Å². The highest BCUT2D eigenvalue weighted by molar-refractivity contribution is 5.80. The SMILES string of the molecule is O=C(O)CCCC(C(=O)O)(C12CCCCC1O2)C12CCCCC1O2. The lowest BCUT2D eigenvalue weighted by atomic mass is 9.56. The number of carbonyl (C=O) groups is 2. The third-order valence-corrected chi connectivity index (χ3v) is 6.91. The number of rotatable bonds is 7. The van der Waals surface area contributed by atoms with E-state index in [2.05, 4.69) is 0 Å². The van der Waals surface area contributed by atoms with Crippen LogP contribution in [0.4, 0.5) is 0 Å². The first-order valence-electron chi connectivity index (χ1n) is 9.29. The van der Waals surface area contributed by atoms with Crippen LogP contribution in [-0.2, 0) is 19.1 Å². The van der Waals surface area contributed by atoms with Gasteiger partial charge in [0.05, 0.1) is 12.2 Å². The fourth-order valence-corrected chi connectivity index (χ4v) is 5.83. The van der Waals surface area contributed by atoms with E-state index < -0.39 is 28.6 Å². The molecular weight excluding hydrogens is 312 g/mol. The minimum atomic E-state index is -1.09. The molecule has 4 atom stereocenters. The van der Waals surface area contributed by atoms with Crippen molar-refractivity contribution in [3.63, 3.8) is 0 Å². The summed E-state index contributed by atoms with van der Waals surface area (Å²) in [5, 5.41) is 19.4. The molecule has 0 bridgehead atoms. The second-order valence-corrected chi connectivity index (χ2v) is 7.94. The zero-order chi connectivity index (χ0) is 17.0. The minimum absolute atomic E-state index is 0.00345. The molecule has 2 heterocycles. The molecule has 2 aliphatic carbocycles. The zero-order valence-corrected chi connectivity index (χ0v) is 14.0. The first kappa shape index (κ1) is 16.3. The predicted molar refractivity (Wildman–Crippen MR) is 83.7 cm³/mol. The van der Waals surface area contributed by atoms with Crippen molar-refractivity contribution in [2.45, 2.75) is 94.0 Å². The number of ether oxygens (including phenoxy) is 2. The van der Waals surface area contributed by atoms with Gasteiger partial charge in [-0.25, -0.2) is 0 Å². The molecule has 2 N–H and O–H groups in total. The lowest BCUT2D eigenvalue weighted by molar-refractivity contribution is -0.163. The first-order chi connectivity index (χ1) is 11.5. The highest BCUT2D eigenvalue weighted by atomic mass is 16.6. The van der Waals surface area contributed by atoms with Gasteiger partial charge in [0.1, 0.15) is 16.6 Å². The molecule has 0 amide bonds. The van der Waals surface area contributed by atoms with Crippen molar-refractivity contribution in [1.82, 2.24) is 0 Å². The monoisotopic (exact) mass is 338 g/mol. The lowest BCUT2D eigenvalue weighted by Crippen LogP contribution is -2.58. The maximum Gasteiger partial charge on any atom is 0.315 e. The van der Waals surface area contributed by atoms with Crippen LogP contribution in [0.2, 0.25) is 0 Å². The Morgan fingerprint density at radius 3 is 1.92 bits per heavy atom. The van der Waals surface area contributed by atoms with Gasteiger partial charge in [-0.1, -0.05) is 25.7 Å². The summed E-state index contributed by atoms with van der Waals surface area (Å²) < 4.78 is 12.2. The van der Waals surface area contributed by atoms with Crippen molar-refractivity contribution in [3.8, 4) is 0 Å². The molecule has 4 aliphatic rings. The molecule has 2 saturated heterocycles. The third-order valence-electron chi connectivity index (χ3n) is 6.91. The van der Waals surface area contributed by atoms with Gasteiger partial charge in [-0.05, 0) is 38.5 Å². The Hall–Kier alpha value is -1.14. The van der Waals surface area contributed by atoms with Gasteiger partial charge in [0, 0.05) is 6.42 Å². The summed E-state index contributed by atoms with van der Waals surface area (Å²) in [7, 11) is 0. The molecule has 4 rings (SSSR count). The van der Waals surface area contributed by atoms with E-state index in [0.29, 0.717) is 12.8 Å². The molecule has 134 valence electrons. The molecule has 2 aliphatic heterocycles. The quantitative estimate of drug-likeness (QED) is 0.692. The molecule has 6 nitrogen and oxygen atoms in total. The number of carboxylic acid groups (broad SMARTS) is 2. The van der Waals surface area contributed by atoms with Crippen LogP contribution in [0.1, 0.15) is 70.6 Å². The Morgan fingerprint density at radius 2 is 1.50 bits per heavy atom. The van der Waals surface area contributed by atoms with E-state index in [4.69, 9.17) is 14.6 Å². The van der Waals surface area contributed by atoms with Gasteiger partial charge in [0.25, 0.3) is 0 Å². The van der Waals surface area contributed by atoms with E-state index in [9.17, 15) is 14.7 Å². The molecule has 4 unspecified atom stereocenters. The van der Waals surface area contributed by atoms with Gasteiger partial charge in [-0.3, -0.25) is 9.59 Å². The van der Waals surface area contributed by atoms with E-state index in [1.807, 2.05) is 0 Å². The molecule has 0 radical (unpaired) electrons. The highest BCUT2D eigenvalue weighted by Gasteiger charge is 2.84. The molecule has 24 heavy (non-hydrogen) atoms. The lowest BCUT2D eigenvalue weighted by Gasteiger charge is -2.43. The second kappa shape index (κ2) is 5.43. The number of fused-ring (bicyclic) bond motifs is 2. The van der Waals surface area contributed by atoms with Crippen LogP contribution in [0.25, 0.3) is 0 Å². The van der Waals surface area contributed by atoms with Crippen molar-refractivity contribution in [1.29, 1.82) is 0 Å². The van der Waals surface area contributed by atoms with Crippen LogP contribution in [0, 0.1) is 5.41 Å². The fraction of sp³-hybridized carbons (Fsp3) is 0.889. The summed E-state index contributed by atoms with van der Waals surface area (Å²) >= 11 is 0. The maximum atomic E-state index is 12.7. The molecule has 0 aromatic carbocycles. The molecule has 2 saturated carbocycles. The number of aliphatic carboxylic acids is 2. The molecule has 0 spiro atoms. The van der Waals surface area contributed by atoms with Gasteiger partial charge in [-0.2, -0.15) is 0 Å². The summed E-state index contributed by atoms with van der Waals surface area (Å²) in [4.78, 5) is 23.6. The minimum Gasteiger partial charge on any atom is -0.481 e. The predicted octanol–water partition coefficient (Wildman–Crippen LogP) is 2.74. The van der Waals surface area contributed by atoms with Gasteiger partial charge in [-0.15, -0.1) is 0 Å². The Morgan fingerprint density at radius 1 is 0.958 bits per heavy atom. The van der Waals surface area contributed by atoms with Gasteiger partial charge < -0.3 is 19.7 Å². The fourth-order valence-electron chi connectivity index (χ4n) is 5.83. The largest absolute Gasteiger partial charge is 0.481 e. The number of hydrogen-bond donors (Lipinski definition) is 2. The highest BCUT2D eigenvalue weighted by Crippen LogP contribution is 2.71. The molecule has 0 aromatic rings. The molecule has 0 aromatic heterocycles. The average molecular weight is 338 g/mol. The second-order valence-electron chi connectivity index (χ2n) is 7.94. The standard InChI is InChI=1S/C18H26O6/c19-14(20)8-5-9-16(15(21)22,17-10-3-1-6-12(17)23-17)18-11-4-2-7-13(18)24-18/h12-13H,1-11H2,(H,19,20)(H,21,22). The Labute approximate surface area is 141 Å². The summed E-state index contributed by atoms with van der Waals surface area (Å²) in [6, 6.07) is 0. The van der Waals surface area contributed by atoms with Crippen LogP contribution in [0.5, 0.6) is 0 Å². The molecule has 6 heteroatoms. The number of hydrogen-bond acceptors (Lipinski definition) is 4. The Bertz CT molecular complexity index is 530. The smallest absolute Gasteiger partial charge is 0.315 e. The zero-order valence-electron chi connectivity index (χ0n) is 14.0. The normalized spacial score (nSPS) is 42.3. The first-order valence-corrected chi connectivity index (χ1v) is 9.29. The molecular formula is C18H26O6.